The van der Waals surface area contributed by atoms with Gasteiger partial charge < -0.3 is 15.3 Å². The summed E-state index contributed by atoms with van der Waals surface area (Å²) in [7, 11) is -1.94. The van der Waals surface area contributed by atoms with Crippen LogP contribution in [-0.2, 0) is 21.7 Å². The molecule has 0 atom stereocenters. The minimum Gasteiger partial charge on any atom is -0.872 e. The fourth-order valence-corrected chi connectivity index (χ4v) is 3.42. The summed E-state index contributed by atoms with van der Waals surface area (Å²) in [5.41, 5.74) is 5.88. The van der Waals surface area contributed by atoms with E-state index in [-0.39, 0.29) is 39.0 Å². The van der Waals surface area contributed by atoms with E-state index in [0.29, 0.717) is 0 Å². The van der Waals surface area contributed by atoms with E-state index >= 15 is 0 Å². The summed E-state index contributed by atoms with van der Waals surface area (Å²) < 4.78 is 0. The molecule has 0 bridgehead atoms. The first kappa shape index (κ1) is 41.6. The number of hydrogen-bond donors (Lipinski definition) is 0. The SMILES string of the molecule is C[Si](C)(C)C=CC=C[Si](C)(C)C.[CH-]=CC(C)=CC.[O-]c1ccccc1.[O-]c1ccccc1.[O-]c1ccccc1.[Ti+4]. The fraction of sp³-hybridized carbons (Fsp3) is 0.235. The van der Waals surface area contributed by atoms with Gasteiger partial charge in [-0.1, -0.05) is 161 Å². The van der Waals surface area contributed by atoms with E-state index in [4.69, 9.17) is 6.58 Å². The Morgan fingerprint density at radius 1 is 0.575 bits per heavy atom. The van der Waals surface area contributed by atoms with Crippen LogP contribution in [0.15, 0.2) is 132 Å². The van der Waals surface area contributed by atoms with Crippen molar-refractivity contribution in [2.45, 2.75) is 53.1 Å². The molecule has 0 saturated carbocycles. The summed E-state index contributed by atoms with van der Waals surface area (Å²) in [6.45, 7) is 23.1. The third kappa shape index (κ3) is 35.2. The molecular formula is C34H46O3Si2Ti. The van der Waals surface area contributed by atoms with E-state index in [1.54, 1.807) is 42.5 Å². The second-order valence-electron chi connectivity index (χ2n) is 10.6. The van der Waals surface area contributed by atoms with Gasteiger partial charge in [-0.15, -0.1) is 24.2 Å². The molecule has 0 fully saturated rings. The molecule has 6 heteroatoms. The summed E-state index contributed by atoms with van der Waals surface area (Å²) in [5.74, 6) is 0.215. The Bertz CT molecular complexity index is 958. The summed E-state index contributed by atoms with van der Waals surface area (Å²) in [4.78, 5) is 0. The molecule has 0 saturated heterocycles. The van der Waals surface area contributed by atoms with Gasteiger partial charge in [0, 0.05) is 0 Å². The Balaban J connectivity index is -0.000000435. The van der Waals surface area contributed by atoms with Crippen molar-refractivity contribution in [3.05, 3.63) is 139 Å². The Morgan fingerprint density at radius 2 is 0.825 bits per heavy atom. The van der Waals surface area contributed by atoms with Gasteiger partial charge in [0.1, 0.15) is 0 Å². The van der Waals surface area contributed by atoms with Gasteiger partial charge in [0.25, 0.3) is 0 Å². The largest absolute Gasteiger partial charge is 4.00 e. The van der Waals surface area contributed by atoms with E-state index in [1.165, 1.54) is 36.4 Å². The van der Waals surface area contributed by atoms with Gasteiger partial charge in [0.15, 0.2) is 0 Å². The van der Waals surface area contributed by atoms with Gasteiger partial charge in [0.2, 0.25) is 0 Å². The molecule has 0 aliphatic heterocycles. The molecule has 0 unspecified atom stereocenters. The molecular weight excluding hydrogens is 560 g/mol. The second-order valence-corrected chi connectivity index (χ2v) is 20.7. The maximum Gasteiger partial charge on any atom is 4.00 e. The van der Waals surface area contributed by atoms with E-state index in [9.17, 15) is 15.3 Å². The van der Waals surface area contributed by atoms with Crippen molar-refractivity contribution in [3.63, 3.8) is 0 Å². The molecule has 3 rings (SSSR count). The molecule has 0 N–H and O–H groups in total. The third-order valence-corrected chi connectivity index (χ3v) is 6.64. The van der Waals surface area contributed by atoms with E-state index in [2.05, 4.69) is 62.8 Å². The van der Waals surface area contributed by atoms with Crippen molar-refractivity contribution < 1.29 is 37.0 Å². The summed E-state index contributed by atoms with van der Waals surface area (Å²) in [6.07, 6.45) is 7.99. The molecule has 0 aromatic heterocycles. The molecule has 40 heavy (non-hydrogen) atoms. The molecule has 0 heterocycles. The second kappa shape index (κ2) is 25.2. The predicted molar refractivity (Wildman–Crippen MR) is 171 cm³/mol. The molecule has 3 aromatic rings. The zero-order valence-electron chi connectivity index (χ0n) is 25.4. The Hall–Kier alpha value is -2.83. The monoisotopic (exact) mass is 606 g/mol. The number of rotatable bonds is 4. The van der Waals surface area contributed by atoms with E-state index in [0.717, 1.165) is 5.57 Å². The van der Waals surface area contributed by atoms with Crippen LogP contribution in [0.25, 0.3) is 0 Å². The number of allylic oxidation sites excluding steroid dienone is 5. The van der Waals surface area contributed by atoms with Crippen LogP contribution in [0, 0.1) is 6.58 Å². The molecule has 3 nitrogen and oxygen atoms in total. The van der Waals surface area contributed by atoms with Crippen molar-refractivity contribution in [1.82, 2.24) is 0 Å². The first-order chi connectivity index (χ1) is 18.2. The molecule has 212 valence electrons. The van der Waals surface area contributed by atoms with E-state index < -0.39 is 16.1 Å². The van der Waals surface area contributed by atoms with Crippen LogP contribution in [0.3, 0.4) is 0 Å². The van der Waals surface area contributed by atoms with Crippen molar-refractivity contribution in [3.8, 4) is 17.2 Å². The number of hydrogen-bond acceptors (Lipinski definition) is 3. The van der Waals surface area contributed by atoms with Gasteiger partial charge >= 0.3 is 21.7 Å². The van der Waals surface area contributed by atoms with Gasteiger partial charge in [0.05, 0.1) is 16.1 Å². The first-order valence-corrected chi connectivity index (χ1v) is 20.1. The van der Waals surface area contributed by atoms with Gasteiger partial charge in [-0.05, 0) is 0 Å². The smallest absolute Gasteiger partial charge is 0.872 e. The molecule has 0 radical (unpaired) electrons. The Morgan fingerprint density at radius 3 is 0.925 bits per heavy atom. The predicted octanol–water partition coefficient (Wildman–Crippen LogP) is 8.07. The number of para-hydroxylation sites is 3. The van der Waals surface area contributed by atoms with Crippen molar-refractivity contribution in [2.24, 2.45) is 0 Å². The maximum atomic E-state index is 10.3. The molecule has 3 aromatic carbocycles. The van der Waals surface area contributed by atoms with Crippen LogP contribution in [-0.4, -0.2) is 16.1 Å². The van der Waals surface area contributed by atoms with Crippen LogP contribution in [0.2, 0.25) is 39.3 Å². The fourth-order valence-electron chi connectivity index (χ4n) is 2.05. The van der Waals surface area contributed by atoms with Gasteiger partial charge in [-0.2, -0.15) is 6.08 Å². The standard InChI is InChI=1S/C10H22Si2.3C6H6O.C6H9.Ti/c1-11(2,3)9-7-8-10-12(4,5)6;3*7-6-4-2-1-3-5-6;1-4-6(3)5-2;/h7-10H,1-6H3;3*1-5,7H;1,4-5H,2-3H3;/q;;;;-1;+4/p-3. The minimum absolute atomic E-state index is 0. The summed E-state index contributed by atoms with van der Waals surface area (Å²) in [6, 6.07) is 25.0. The summed E-state index contributed by atoms with van der Waals surface area (Å²) in [5, 5.41) is 30.8. The number of benzene rings is 3. The minimum atomic E-state index is -0.970. The van der Waals surface area contributed by atoms with Crippen LogP contribution in [0.1, 0.15) is 13.8 Å². The van der Waals surface area contributed by atoms with Crippen molar-refractivity contribution >= 4 is 16.1 Å². The van der Waals surface area contributed by atoms with Gasteiger partial charge in [-0.3, -0.25) is 6.58 Å². The average Bonchev–Trinajstić information content (AvgIpc) is 2.88. The topological polar surface area (TPSA) is 69.2 Å². The average molecular weight is 607 g/mol. The Kier molecular flexibility index (Phi) is 26.2. The molecule has 0 amide bonds. The van der Waals surface area contributed by atoms with Crippen molar-refractivity contribution in [2.75, 3.05) is 0 Å². The van der Waals surface area contributed by atoms with Crippen molar-refractivity contribution in [1.29, 1.82) is 0 Å². The van der Waals surface area contributed by atoms with Crippen LogP contribution in [0.4, 0.5) is 0 Å². The molecule has 0 aliphatic rings. The zero-order valence-corrected chi connectivity index (χ0v) is 29.0. The molecule has 0 spiro atoms. The summed E-state index contributed by atoms with van der Waals surface area (Å²) >= 11 is 0. The first-order valence-electron chi connectivity index (χ1n) is 12.9. The maximum absolute atomic E-state index is 10.3. The van der Waals surface area contributed by atoms with E-state index in [1.807, 2.05) is 38.1 Å². The zero-order chi connectivity index (χ0) is 30.2. The Labute approximate surface area is 261 Å². The van der Waals surface area contributed by atoms with Crippen LogP contribution < -0.4 is 15.3 Å². The normalized spacial score (nSPS) is 10.7. The third-order valence-electron chi connectivity index (χ3n) is 4.25. The van der Waals surface area contributed by atoms with Crippen LogP contribution in [0.5, 0.6) is 17.2 Å². The quantitative estimate of drug-likeness (QED) is 0.171. The van der Waals surface area contributed by atoms with Crippen LogP contribution >= 0.6 is 0 Å². The van der Waals surface area contributed by atoms with Gasteiger partial charge in [-0.25, -0.2) is 11.6 Å². The molecule has 0 aliphatic carbocycles.